The van der Waals surface area contributed by atoms with Crippen molar-refractivity contribution in [2.75, 3.05) is 6.54 Å². The molecule has 2 aromatic carbocycles. The van der Waals surface area contributed by atoms with Crippen LogP contribution in [0.3, 0.4) is 0 Å². The van der Waals surface area contributed by atoms with E-state index in [4.69, 9.17) is 5.73 Å². The monoisotopic (exact) mass is 281 g/mol. The van der Waals surface area contributed by atoms with Crippen molar-refractivity contribution in [1.29, 1.82) is 0 Å². The summed E-state index contributed by atoms with van der Waals surface area (Å²) in [6.45, 7) is 9.60. The molecule has 0 saturated heterocycles. The van der Waals surface area contributed by atoms with E-state index in [9.17, 15) is 0 Å². The molecule has 0 saturated carbocycles. The first-order valence-electron chi connectivity index (χ1n) is 7.77. The largest absolute Gasteiger partial charge is 0.330 e. The van der Waals surface area contributed by atoms with E-state index in [1.165, 1.54) is 22.3 Å². The zero-order chi connectivity index (χ0) is 15.5. The highest BCUT2D eigenvalue weighted by molar-refractivity contribution is 5.33. The van der Waals surface area contributed by atoms with Gasteiger partial charge < -0.3 is 5.73 Å². The number of hydrogen-bond acceptors (Lipinski definition) is 1. The van der Waals surface area contributed by atoms with Crippen molar-refractivity contribution in [2.24, 2.45) is 5.73 Å². The fourth-order valence-electron chi connectivity index (χ4n) is 2.79. The molecule has 1 nitrogen and oxygen atoms in total. The van der Waals surface area contributed by atoms with Crippen LogP contribution in [-0.4, -0.2) is 6.54 Å². The highest BCUT2D eigenvalue weighted by Gasteiger charge is 2.15. The van der Waals surface area contributed by atoms with Gasteiger partial charge >= 0.3 is 0 Å². The van der Waals surface area contributed by atoms with Gasteiger partial charge in [-0.2, -0.15) is 0 Å². The summed E-state index contributed by atoms with van der Waals surface area (Å²) in [6, 6.07) is 17.6. The van der Waals surface area contributed by atoms with Crippen molar-refractivity contribution in [3.05, 3.63) is 70.8 Å². The molecule has 0 aliphatic carbocycles. The zero-order valence-corrected chi connectivity index (χ0v) is 13.7. The minimum Gasteiger partial charge on any atom is -0.330 e. The van der Waals surface area contributed by atoms with E-state index in [0.29, 0.717) is 12.5 Å². The summed E-state index contributed by atoms with van der Waals surface area (Å²) >= 11 is 0. The fourth-order valence-corrected chi connectivity index (χ4v) is 2.79. The molecule has 1 heteroatoms. The Labute approximate surface area is 129 Å². The summed E-state index contributed by atoms with van der Waals surface area (Å²) in [7, 11) is 0. The molecule has 0 radical (unpaired) electrons. The van der Waals surface area contributed by atoms with E-state index in [1.807, 2.05) is 0 Å². The highest BCUT2D eigenvalue weighted by Crippen LogP contribution is 2.26. The van der Waals surface area contributed by atoms with Gasteiger partial charge in [0.1, 0.15) is 0 Å². The Morgan fingerprint density at radius 2 is 1.57 bits per heavy atom. The minimum absolute atomic E-state index is 0.210. The minimum atomic E-state index is 0.210. The Kier molecular flexibility index (Phi) is 4.84. The van der Waals surface area contributed by atoms with E-state index in [-0.39, 0.29) is 5.41 Å². The Morgan fingerprint density at radius 1 is 0.952 bits per heavy atom. The predicted octanol–water partition coefficient (Wildman–Crippen LogP) is 4.58. The first-order valence-corrected chi connectivity index (χ1v) is 7.77. The second kappa shape index (κ2) is 6.44. The lowest BCUT2D eigenvalue weighted by Crippen LogP contribution is -2.16. The van der Waals surface area contributed by atoms with Crippen LogP contribution in [0.15, 0.2) is 48.5 Å². The van der Waals surface area contributed by atoms with E-state index >= 15 is 0 Å². The SMILES string of the molecule is Cc1ccccc1C(CN)Cc1ccc(C(C)(C)C)cc1. The molecule has 21 heavy (non-hydrogen) atoms. The summed E-state index contributed by atoms with van der Waals surface area (Å²) in [5.41, 5.74) is 11.7. The summed E-state index contributed by atoms with van der Waals surface area (Å²) in [6.07, 6.45) is 1.01. The van der Waals surface area contributed by atoms with Crippen LogP contribution < -0.4 is 5.73 Å². The van der Waals surface area contributed by atoms with Crippen LogP contribution in [0.1, 0.15) is 48.9 Å². The Morgan fingerprint density at radius 3 is 2.10 bits per heavy atom. The maximum Gasteiger partial charge on any atom is 0.000419 e. The molecule has 2 rings (SSSR count). The van der Waals surface area contributed by atoms with Gasteiger partial charge in [0.2, 0.25) is 0 Å². The van der Waals surface area contributed by atoms with Crippen LogP contribution in [0.5, 0.6) is 0 Å². The van der Waals surface area contributed by atoms with Crippen LogP contribution in [-0.2, 0) is 11.8 Å². The summed E-state index contributed by atoms with van der Waals surface area (Å²) in [4.78, 5) is 0. The highest BCUT2D eigenvalue weighted by atomic mass is 14.5. The van der Waals surface area contributed by atoms with E-state index in [1.54, 1.807) is 0 Å². The van der Waals surface area contributed by atoms with E-state index < -0.39 is 0 Å². The normalized spacial score (nSPS) is 13.2. The van der Waals surface area contributed by atoms with Gasteiger partial charge in [0.15, 0.2) is 0 Å². The van der Waals surface area contributed by atoms with Crippen LogP contribution in [0.2, 0.25) is 0 Å². The third-order valence-corrected chi connectivity index (χ3v) is 4.21. The van der Waals surface area contributed by atoms with Gasteiger partial charge in [0.25, 0.3) is 0 Å². The maximum atomic E-state index is 6.02. The molecule has 1 unspecified atom stereocenters. The van der Waals surface area contributed by atoms with Gasteiger partial charge in [-0.25, -0.2) is 0 Å². The standard InChI is InChI=1S/C20H27N/c1-15-7-5-6-8-19(15)17(14-21)13-16-9-11-18(12-10-16)20(2,3)4/h5-12,17H,13-14,21H2,1-4H3. The van der Waals surface area contributed by atoms with Gasteiger partial charge in [-0.1, -0.05) is 69.3 Å². The van der Waals surface area contributed by atoms with Crippen LogP contribution >= 0.6 is 0 Å². The summed E-state index contributed by atoms with van der Waals surface area (Å²) in [5, 5.41) is 0. The third-order valence-electron chi connectivity index (χ3n) is 4.21. The van der Waals surface area contributed by atoms with Gasteiger partial charge in [-0.05, 0) is 47.6 Å². The maximum absolute atomic E-state index is 6.02. The number of aryl methyl sites for hydroxylation is 1. The second-order valence-electron chi connectivity index (χ2n) is 6.94. The summed E-state index contributed by atoms with van der Waals surface area (Å²) in [5.74, 6) is 0.395. The number of rotatable bonds is 4. The smallest absolute Gasteiger partial charge is 0.000419 e. The van der Waals surface area contributed by atoms with Crippen molar-refractivity contribution in [3.8, 4) is 0 Å². The zero-order valence-electron chi connectivity index (χ0n) is 13.7. The van der Waals surface area contributed by atoms with Crippen LogP contribution in [0.25, 0.3) is 0 Å². The van der Waals surface area contributed by atoms with Crippen molar-refractivity contribution in [1.82, 2.24) is 0 Å². The lowest BCUT2D eigenvalue weighted by molar-refractivity contribution is 0.589. The Hall–Kier alpha value is -1.60. The molecule has 0 heterocycles. The van der Waals surface area contributed by atoms with E-state index in [2.05, 4.69) is 76.2 Å². The molecule has 0 aliphatic rings. The molecule has 0 amide bonds. The number of hydrogen-bond donors (Lipinski definition) is 1. The molecule has 1 atom stereocenters. The molecule has 112 valence electrons. The quantitative estimate of drug-likeness (QED) is 0.872. The van der Waals surface area contributed by atoms with Crippen molar-refractivity contribution in [2.45, 2.75) is 45.4 Å². The number of benzene rings is 2. The van der Waals surface area contributed by atoms with Crippen molar-refractivity contribution in [3.63, 3.8) is 0 Å². The Balaban J connectivity index is 2.18. The van der Waals surface area contributed by atoms with Gasteiger partial charge in [-0.3, -0.25) is 0 Å². The number of nitrogens with two attached hydrogens (primary N) is 1. The van der Waals surface area contributed by atoms with Crippen molar-refractivity contribution >= 4 is 0 Å². The predicted molar refractivity (Wildman–Crippen MR) is 91.8 cm³/mol. The average Bonchev–Trinajstić information content (AvgIpc) is 2.45. The molecule has 0 aliphatic heterocycles. The third kappa shape index (κ3) is 3.95. The lowest BCUT2D eigenvalue weighted by Gasteiger charge is -2.21. The second-order valence-corrected chi connectivity index (χ2v) is 6.94. The molecule has 0 bridgehead atoms. The van der Waals surface area contributed by atoms with Gasteiger partial charge in [0, 0.05) is 5.92 Å². The van der Waals surface area contributed by atoms with Crippen LogP contribution in [0.4, 0.5) is 0 Å². The topological polar surface area (TPSA) is 26.0 Å². The summed E-state index contributed by atoms with van der Waals surface area (Å²) < 4.78 is 0. The molecular weight excluding hydrogens is 254 g/mol. The fraction of sp³-hybridized carbons (Fsp3) is 0.400. The molecule has 0 spiro atoms. The molecule has 0 fully saturated rings. The molecular formula is C20H27N. The van der Waals surface area contributed by atoms with Crippen molar-refractivity contribution < 1.29 is 0 Å². The first-order chi connectivity index (χ1) is 9.91. The molecule has 2 aromatic rings. The van der Waals surface area contributed by atoms with Gasteiger partial charge in [-0.15, -0.1) is 0 Å². The van der Waals surface area contributed by atoms with E-state index in [0.717, 1.165) is 6.42 Å². The first kappa shape index (κ1) is 15.8. The molecule has 2 N–H and O–H groups in total. The average molecular weight is 281 g/mol. The molecule has 0 aromatic heterocycles. The Bertz CT molecular complexity index is 576. The van der Waals surface area contributed by atoms with Crippen LogP contribution in [0, 0.1) is 6.92 Å². The van der Waals surface area contributed by atoms with Gasteiger partial charge in [0.05, 0.1) is 0 Å². The lowest BCUT2D eigenvalue weighted by atomic mass is 9.85.